The summed E-state index contributed by atoms with van der Waals surface area (Å²) < 4.78 is 2.26. The Bertz CT molecular complexity index is 814. The molecule has 0 aliphatic carbocycles. The second-order valence-corrected chi connectivity index (χ2v) is 6.86. The molecule has 9 heteroatoms. The number of benzene rings is 1. The molecule has 2 unspecified atom stereocenters. The molecule has 1 aliphatic rings. The van der Waals surface area contributed by atoms with E-state index in [0.717, 1.165) is 4.47 Å². The van der Waals surface area contributed by atoms with Gasteiger partial charge in [-0.2, -0.15) is 0 Å². The fourth-order valence-electron chi connectivity index (χ4n) is 2.77. The number of carbonyl (C=O) groups is 1. The first-order valence-electron chi connectivity index (χ1n) is 7.85. The maximum absolute atomic E-state index is 12.4. The summed E-state index contributed by atoms with van der Waals surface area (Å²) in [5, 5.41) is 16.1. The maximum atomic E-state index is 12.4. The first-order valence-corrected chi connectivity index (χ1v) is 8.64. The van der Waals surface area contributed by atoms with Crippen LogP contribution in [0.3, 0.4) is 0 Å². The number of β-amino-alcohol motifs (C(OH)–C–C–N with tert-alkyl or cyclic N) is 1. The quantitative estimate of drug-likeness (QED) is 0.646. The predicted molar refractivity (Wildman–Crippen MR) is 101 cm³/mol. The van der Waals surface area contributed by atoms with Crippen LogP contribution in [-0.2, 0) is 11.3 Å². The summed E-state index contributed by atoms with van der Waals surface area (Å²) in [5.41, 5.74) is 0.469. The van der Waals surface area contributed by atoms with Crippen molar-refractivity contribution in [3.8, 4) is 0 Å². The van der Waals surface area contributed by atoms with Gasteiger partial charge >= 0.3 is 0 Å². The zero-order valence-electron chi connectivity index (χ0n) is 13.4. The van der Waals surface area contributed by atoms with Crippen molar-refractivity contribution in [3.63, 3.8) is 0 Å². The lowest BCUT2D eigenvalue weighted by molar-refractivity contribution is -0.121. The highest BCUT2D eigenvalue weighted by Gasteiger charge is 2.24. The summed E-state index contributed by atoms with van der Waals surface area (Å²) in [7, 11) is 0. The van der Waals surface area contributed by atoms with Gasteiger partial charge in [0.2, 0.25) is 5.91 Å². The van der Waals surface area contributed by atoms with E-state index in [-0.39, 0.29) is 42.8 Å². The summed E-state index contributed by atoms with van der Waals surface area (Å²) in [5.74, 6) is -0.105. The van der Waals surface area contributed by atoms with Crippen LogP contribution < -0.4 is 16.2 Å². The van der Waals surface area contributed by atoms with Gasteiger partial charge in [0.25, 0.3) is 5.56 Å². The van der Waals surface area contributed by atoms with Crippen molar-refractivity contribution < 1.29 is 9.90 Å². The van der Waals surface area contributed by atoms with E-state index in [2.05, 4.69) is 31.5 Å². The lowest BCUT2D eigenvalue weighted by Crippen LogP contribution is -2.35. The highest BCUT2D eigenvalue weighted by molar-refractivity contribution is 9.10. The molecule has 1 aromatic carbocycles. The molecule has 25 heavy (non-hydrogen) atoms. The predicted octanol–water partition coefficient (Wildman–Crippen LogP) is 0.667. The molecule has 3 rings (SSSR count). The van der Waals surface area contributed by atoms with E-state index >= 15 is 0 Å². The van der Waals surface area contributed by atoms with Gasteiger partial charge in [-0.3, -0.25) is 14.2 Å². The van der Waals surface area contributed by atoms with E-state index in [9.17, 15) is 14.7 Å². The Balaban J connectivity index is 0.00000225. The first kappa shape index (κ1) is 19.8. The van der Waals surface area contributed by atoms with Crippen molar-refractivity contribution in [1.29, 1.82) is 0 Å². The summed E-state index contributed by atoms with van der Waals surface area (Å²) in [4.78, 5) is 28.6. The molecule has 1 saturated heterocycles. The van der Waals surface area contributed by atoms with E-state index in [1.165, 1.54) is 10.9 Å². The van der Waals surface area contributed by atoms with Crippen LogP contribution in [-0.4, -0.2) is 46.3 Å². The fraction of sp³-hybridized carbons (Fsp3) is 0.438. The highest BCUT2D eigenvalue weighted by atomic mass is 79.9. The van der Waals surface area contributed by atoms with Crippen LogP contribution in [0.4, 0.5) is 0 Å². The monoisotopic (exact) mass is 430 g/mol. The standard InChI is InChI=1S/C16H19BrN4O3.ClH/c17-11-1-2-13-12(5-11)16(24)21(9-20-13)4-3-15(23)19-7-10-6-18-8-14(10)22;/h1-2,5,9-10,14,18,22H,3-4,6-8H2,(H,19,23);1H. The zero-order chi connectivity index (χ0) is 17.1. The van der Waals surface area contributed by atoms with Gasteiger partial charge < -0.3 is 15.7 Å². The van der Waals surface area contributed by atoms with Crippen molar-refractivity contribution in [2.45, 2.75) is 19.1 Å². The van der Waals surface area contributed by atoms with Gasteiger partial charge in [0, 0.05) is 43.0 Å². The van der Waals surface area contributed by atoms with Crippen LogP contribution in [0.1, 0.15) is 6.42 Å². The Morgan fingerprint density at radius 1 is 1.44 bits per heavy atom. The van der Waals surface area contributed by atoms with Crippen LogP contribution >= 0.6 is 28.3 Å². The van der Waals surface area contributed by atoms with E-state index in [1.54, 1.807) is 12.1 Å². The van der Waals surface area contributed by atoms with Gasteiger partial charge in [-0.1, -0.05) is 15.9 Å². The number of hydrogen-bond acceptors (Lipinski definition) is 5. The molecule has 1 aliphatic heterocycles. The molecule has 0 saturated carbocycles. The van der Waals surface area contributed by atoms with Gasteiger partial charge in [-0.05, 0) is 18.2 Å². The van der Waals surface area contributed by atoms with Crippen molar-refractivity contribution >= 4 is 45.1 Å². The average Bonchev–Trinajstić information content (AvgIpc) is 2.98. The number of fused-ring (bicyclic) bond motifs is 1. The van der Waals surface area contributed by atoms with Gasteiger partial charge in [-0.25, -0.2) is 4.98 Å². The van der Waals surface area contributed by atoms with Crippen LogP contribution in [0.25, 0.3) is 10.9 Å². The average molecular weight is 432 g/mol. The minimum Gasteiger partial charge on any atom is -0.391 e. The van der Waals surface area contributed by atoms with Crippen LogP contribution in [0.2, 0.25) is 0 Å². The number of aryl methyl sites for hydroxylation is 1. The smallest absolute Gasteiger partial charge is 0.261 e. The first-order chi connectivity index (χ1) is 11.5. The number of nitrogens with zero attached hydrogens (tertiary/aromatic N) is 2. The molecule has 1 fully saturated rings. The molecular formula is C16H20BrClN4O3. The molecule has 3 N–H and O–H groups in total. The minimum atomic E-state index is -0.420. The number of hydrogen-bond donors (Lipinski definition) is 3. The fourth-order valence-corrected chi connectivity index (χ4v) is 3.13. The summed E-state index contributed by atoms with van der Waals surface area (Å²) in [6, 6.07) is 5.34. The molecule has 0 radical (unpaired) electrons. The topological polar surface area (TPSA) is 96.2 Å². The van der Waals surface area contributed by atoms with Crippen molar-refractivity contribution in [3.05, 3.63) is 39.4 Å². The molecule has 1 amide bonds. The number of aromatic nitrogens is 2. The largest absolute Gasteiger partial charge is 0.391 e. The van der Waals surface area contributed by atoms with E-state index < -0.39 is 6.10 Å². The van der Waals surface area contributed by atoms with Crippen molar-refractivity contribution in [2.24, 2.45) is 5.92 Å². The molecule has 0 bridgehead atoms. The van der Waals surface area contributed by atoms with E-state index in [4.69, 9.17) is 0 Å². The molecule has 0 spiro atoms. The number of nitrogens with one attached hydrogen (secondary N) is 2. The number of aliphatic hydroxyl groups is 1. The second-order valence-electron chi connectivity index (χ2n) is 5.94. The molecule has 2 aromatic rings. The molecule has 2 heterocycles. The summed E-state index contributed by atoms with van der Waals surface area (Å²) >= 11 is 3.35. The lowest BCUT2D eigenvalue weighted by atomic mass is 10.1. The molecule has 7 nitrogen and oxygen atoms in total. The number of aliphatic hydroxyl groups excluding tert-OH is 1. The Morgan fingerprint density at radius 3 is 2.96 bits per heavy atom. The van der Waals surface area contributed by atoms with Gasteiger partial charge in [-0.15, -0.1) is 12.4 Å². The van der Waals surface area contributed by atoms with Crippen molar-refractivity contribution in [2.75, 3.05) is 19.6 Å². The minimum absolute atomic E-state index is 0. The Morgan fingerprint density at radius 2 is 2.24 bits per heavy atom. The van der Waals surface area contributed by atoms with Gasteiger partial charge in [0.15, 0.2) is 0 Å². The Labute approximate surface area is 159 Å². The van der Waals surface area contributed by atoms with Crippen LogP contribution in [0, 0.1) is 5.92 Å². The van der Waals surface area contributed by atoms with E-state index in [1.807, 2.05) is 6.07 Å². The third-order valence-corrected chi connectivity index (χ3v) is 4.72. The number of rotatable bonds is 5. The number of halogens is 2. The molecule has 136 valence electrons. The Hall–Kier alpha value is -1.48. The lowest BCUT2D eigenvalue weighted by Gasteiger charge is -2.14. The molecule has 1 aromatic heterocycles. The third-order valence-electron chi connectivity index (χ3n) is 4.23. The number of amides is 1. The maximum Gasteiger partial charge on any atom is 0.261 e. The van der Waals surface area contributed by atoms with Crippen LogP contribution in [0.5, 0.6) is 0 Å². The highest BCUT2D eigenvalue weighted by Crippen LogP contribution is 2.14. The third kappa shape index (κ3) is 4.78. The molecule has 2 atom stereocenters. The normalized spacial score (nSPS) is 19.6. The summed E-state index contributed by atoms with van der Waals surface area (Å²) in [6.45, 7) is 1.97. The van der Waals surface area contributed by atoms with Gasteiger partial charge in [0.05, 0.1) is 23.3 Å². The van der Waals surface area contributed by atoms with Gasteiger partial charge in [0.1, 0.15) is 0 Å². The zero-order valence-corrected chi connectivity index (χ0v) is 15.8. The van der Waals surface area contributed by atoms with Crippen molar-refractivity contribution in [1.82, 2.24) is 20.2 Å². The second kappa shape index (κ2) is 8.75. The van der Waals surface area contributed by atoms with E-state index in [0.29, 0.717) is 30.5 Å². The number of carbonyl (C=O) groups excluding carboxylic acids is 1. The molecular weight excluding hydrogens is 412 g/mol. The Kier molecular flexibility index (Phi) is 6.95. The SMILES string of the molecule is Cl.O=C(CCn1cnc2ccc(Br)cc2c1=O)NCC1CNCC1O. The van der Waals surface area contributed by atoms with Crippen LogP contribution in [0.15, 0.2) is 33.8 Å². The summed E-state index contributed by atoms with van der Waals surface area (Å²) in [6.07, 6.45) is 1.24.